The summed E-state index contributed by atoms with van der Waals surface area (Å²) in [6.45, 7) is 0.251. The highest BCUT2D eigenvalue weighted by molar-refractivity contribution is 5.75. The van der Waals surface area contributed by atoms with Gasteiger partial charge in [-0.25, -0.2) is 0 Å². The summed E-state index contributed by atoms with van der Waals surface area (Å²) >= 11 is 0. The lowest BCUT2D eigenvalue weighted by Crippen LogP contribution is -2.34. The Labute approximate surface area is 81.7 Å². The topological polar surface area (TPSA) is 81.0 Å². The fourth-order valence-corrected chi connectivity index (χ4v) is 0.744. The van der Waals surface area contributed by atoms with Crippen LogP contribution in [0.4, 0.5) is 0 Å². The van der Waals surface area contributed by atoms with Gasteiger partial charge in [0.15, 0.2) is 0 Å². The highest BCUT2D eigenvalue weighted by Gasteiger charge is 2.06. The molecule has 0 unspecified atom stereocenters. The van der Waals surface area contributed by atoms with Crippen molar-refractivity contribution in [1.82, 2.24) is 4.90 Å². The maximum Gasteiger partial charge on any atom is 0.317 e. The van der Waals surface area contributed by atoms with Crippen molar-refractivity contribution in [2.45, 2.75) is 0 Å². The van der Waals surface area contributed by atoms with Crippen LogP contribution in [0.25, 0.3) is 0 Å². The van der Waals surface area contributed by atoms with Gasteiger partial charge in [-0.1, -0.05) is 0 Å². The van der Waals surface area contributed by atoms with E-state index < -0.39 is 5.97 Å². The number of aliphatic carboxylic acids is 1. The van der Waals surface area contributed by atoms with Gasteiger partial charge in [-0.3, -0.25) is 9.69 Å². The molecule has 0 aliphatic rings. The molecule has 0 aromatic carbocycles. The summed E-state index contributed by atoms with van der Waals surface area (Å²) in [6, 6.07) is 0. The summed E-state index contributed by atoms with van der Waals surface area (Å²) in [5.41, 5.74) is 0. The van der Waals surface area contributed by atoms with E-state index in [2.05, 4.69) is 0 Å². The molecule has 0 amide bonds. The zero-order valence-corrected chi connectivity index (χ0v) is 7.96. The average Bonchev–Trinajstić information content (AvgIpc) is 1.87. The Hall–Kier alpha value is -0.118. The van der Waals surface area contributed by atoms with Gasteiger partial charge in [0.05, 0.1) is 19.8 Å². The summed E-state index contributed by atoms with van der Waals surface area (Å²) in [4.78, 5) is 11.6. The monoisotopic (exact) mass is 190 g/mol. The first kappa shape index (κ1) is 14.4. The molecule has 69 valence electrons. The summed E-state index contributed by atoms with van der Waals surface area (Å²) in [5, 5.41) is 25.3. The van der Waals surface area contributed by atoms with E-state index in [1.165, 1.54) is 4.90 Å². The Kier molecular flexibility index (Phi) is 10.8. The van der Waals surface area contributed by atoms with Crippen molar-refractivity contribution in [2.24, 2.45) is 0 Å². The van der Waals surface area contributed by atoms with Gasteiger partial charge in [0.1, 0.15) is 0 Å². The molecule has 6 heteroatoms. The molecule has 3 radical (unpaired) electrons. The van der Waals surface area contributed by atoms with Crippen LogP contribution in [0.2, 0.25) is 0 Å². The first-order chi connectivity index (χ1) is 5.20. The molecule has 0 saturated carbocycles. The third-order valence-corrected chi connectivity index (χ3v) is 1.19. The zero-order valence-electron chi connectivity index (χ0n) is 6.81. The summed E-state index contributed by atoms with van der Waals surface area (Å²) in [7, 11) is 0. The van der Waals surface area contributed by atoms with Gasteiger partial charge < -0.3 is 15.3 Å². The second kappa shape index (κ2) is 8.97. The average molecular weight is 190 g/mol. The Morgan fingerprint density at radius 2 is 1.58 bits per heavy atom. The number of carboxylic acid groups (broad SMARTS) is 1. The molecule has 0 spiro atoms. The highest BCUT2D eigenvalue weighted by Crippen LogP contribution is 1.85. The van der Waals surface area contributed by atoms with E-state index in [4.69, 9.17) is 15.3 Å². The van der Waals surface area contributed by atoms with Crippen molar-refractivity contribution in [3.05, 3.63) is 0 Å². The molecule has 3 N–H and O–H groups in total. The van der Waals surface area contributed by atoms with E-state index >= 15 is 0 Å². The number of rotatable bonds is 6. The summed E-state index contributed by atoms with van der Waals surface area (Å²) in [6.07, 6.45) is 0. The summed E-state index contributed by atoms with van der Waals surface area (Å²) in [5.74, 6) is -0.952. The molecule has 0 aromatic rings. The molecule has 0 heterocycles. The Morgan fingerprint density at radius 1 is 1.17 bits per heavy atom. The number of carbonyl (C=O) groups is 1. The van der Waals surface area contributed by atoms with E-state index in [-0.39, 0.29) is 50.2 Å². The van der Waals surface area contributed by atoms with Crippen LogP contribution in [0.15, 0.2) is 0 Å². The van der Waals surface area contributed by atoms with Crippen LogP contribution in [-0.2, 0) is 4.79 Å². The quantitative estimate of drug-likeness (QED) is 0.421. The van der Waals surface area contributed by atoms with Gasteiger partial charge in [0.2, 0.25) is 0 Å². The smallest absolute Gasteiger partial charge is 0.317 e. The van der Waals surface area contributed by atoms with Crippen molar-refractivity contribution < 1.29 is 20.1 Å². The van der Waals surface area contributed by atoms with Crippen LogP contribution >= 0.6 is 0 Å². The molecule has 0 aliphatic heterocycles. The molecular formula is C6H13AlNO4. The van der Waals surface area contributed by atoms with E-state index in [0.717, 1.165) is 0 Å². The van der Waals surface area contributed by atoms with Crippen LogP contribution in [0.1, 0.15) is 0 Å². The number of hydrogen-bond acceptors (Lipinski definition) is 4. The molecule has 0 saturated heterocycles. The first-order valence-electron chi connectivity index (χ1n) is 3.36. The Balaban J connectivity index is 0. The normalized spacial score (nSPS) is 9.58. The SMILES string of the molecule is O=C(O)CN(CCO)CCO.[Al]. The first-order valence-corrected chi connectivity index (χ1v) is 3.36. The van der Waals surface area contributed by atoms with E-state index in [1.54, 1.807) is 0 Å². The largest absolute Gasteiger partial charge is 0.480 e. The molecular weight excluding hydrogens is 177 g/mol. The van der Waals surface area contributed by atoms with Gasteiger partial charge in [-0.2, -0.15) is 0 Å². The van der Waals surface area contributed by atoms with Gasteiger partial charge >= 0.3 is 5.97 Å². The van der Waals surface area contributed by atoms with Gasteiger partial charge in [0.25, 0.3) is 0 Å². The third-order valence-electron chi connectivity index (χ3n) is 1.19. The van der Waals surface area contributed by atoms with Crippen molar-refractivity contribution in [3.63, 3.8) is 0 Å². The Morgan fingerprint density at radius 3 is 1.83 bits per heavy atom. The fourth-order valence-electron chi connectivity index (χ4n) is 0.744. The number of hydrogen-bond donors (Lipinski definition) is 3. The standard InChI is InChI=1S/C6H13NO4.Al/c8-3-1-7(2-4-9)5-6(10)11;/h8-9H,1-5H2,(H,10,11);. The van der Waals surface area contributed by atoms with Gasteiger partial charge in [-0.05, 0) is 0 Å². The van der Waals surface area contributed by atoms with Crippen LogP contribution in [0.3, 0.4) is 0 Å². The van der Waals surface area contributed by atoms with E-state index in [1.807, 2.05) is 0 Å². The van der Waals surface area contributed by atoms with Crippen molar-refractivity contribution >= 4 is 23.3 Å². The van der Waals surface area contributed by atoms with Crippen LogP contribution in [0, 0.1) is 0 Å². The molecule has 0 atom stereocenters. The third kappa shape index (κ3) is 7.98. The van der Waals surface area contributed by atoms with Gasteiger partial charge in [0, 0.05) is 30.5 Å². The lowest BCUT2D eigenvalue weighted by Gasteiger charge is -2.16. The minimum atomic E-state index is -0.952. The fraction of sp³-hybridized carbons (Fsp3) is 0.833. The predicted molar refractivity (Wildman–Crippen MR) is 44.0 cm³/mol. The van der Waals surface area contributed by atoms with E-state index in [0.29, 0.717) is 0 Å². The van der Waals surface area contributed by atoms with Gasteiger partial charge in [-0.15, -0.1) is 0 Å². The van der Waals surface area contributed by atoms with E-state index in [9.17, 15) is 4.79 Å². The highest BCUT2D eigenvalue weighted by atomic mass is 27.0. The van der Waals surface area contributed by atoms with Crippen LogP contribution < -0.4 is 0 Å². The lowest BCUT2D eigenvalue weighted by molar-refractivity contribution is -0.138. The number of aliphatic hydroxyl groups excluding tert-OH is 2. The van der Waals surface area contributed by atoms with Crippen LogP contribution in [0.5, 0.6) is 0 Å². The molecule has 0 rings (SSSR count). The molecule has 0 aliphatic carbocycles. The number of nitrogens with zero attached hydrogens (tertiary/aromatic N) is 1. The van der Waals surface area contributed by atoms with Crippen molar-refractivity contribution in [1.29, 1.82) is 0 Å². The Bertz CT molecular complexity index is 116. The number of aliphatic hydroxyl groups is 2. The zero-order chi connectivity index (χ0) is 8.69. The summed E-state index contributed by atoms with van der Waals surface area (Å²) < 4.78 is 0. The molecule has 0 aromatic heterocycles. The van der Waals surface area contributed by atoms with Crippen molar-refractivity contribution in [2.75, 3.05) is 32.8 Å². The number of carboxylic acids is 1. The molecule has 0 fully saturated rings. The van der Waals surface area contributed by atoms with Crippen LogP contribution in [-0.4, -0.2) is 76.4 Å². The second-order valence-corrected chi connectivity index (χ2v) is 2.12. The maximum atomic E-state index is 10.2. The molecule has 12 heavy (non-hydrogen) atoms. The lowest BCUT2D eigenvalue weighted by atomic mass is 10.4. The predicted octanol–water partition coefficient (Wildman–Crippen LogP) is -2.02. The molecule has 5 nitrogen and oxygen atoms in total. The second-order valence-electron chi connectivity index (χ2n) is 2.12. The van der Waals surface area contributed by atoms with Crippen molar-refractivity contribution in [3.8, 4) is 0 Å². The molecule has 0 bridgehead atoms. The minimum absolute atomic E-state index is 0. The minimum Gasteiger partial charge on any atom is -0.480 e. The maximum absolute atomic E-state index is 10.2.